The molecule has 0 aliphatic carbocycles. The summed E-state index contributed by atoms with van der Waals surface area (Å²) in [5.74, 6) is -1.46. The van der Waals surface area contributed by atoms with Crippen molar-refractivity contribution in [3.63, 3.8) is 0 Å². The van der Waals surface area contributed by atoms with Crippen LogP contribution in [0.3, 0.4) is 0 Å². The van der Waals surface area contributed by atoms with E-state index in [-0.39, 0.29) is 53.2 Å². The van der Waals surface area contributed by atoms with Crippen LogP contribution in [0.15, 0.2) is 48.5 Å². The van der Waals surface area contributed by atoms with Crippen molar-refractivity contribution >= 4 is 29.2 Å². The van der Waals surface area contributed by atoms with Crippen molar-refractivity contribution < 1.29 is 27.6 Å². The van der Waals surface area contributed by atoms with Crippen molar-refractivity contribution in [1.29, 1.82) is 0 Å². The van der Waals surface area contributed by atoms with E-state index < -0.39 is 18.1 Å². The van der Waals surface area contributed by atoms with Gasteiger partial charge in [0.15, 0.2) is 5.69 Å². The molecule has 240 valence electrons. The normalized spacial score (nSPS) is 17.1. The number of piperazine rings is 1. The van der Waals surface area contributed by atoms with Crippen LogP contribution in [0.5, 0.6) is 0 Å². The minimum absolute atomic E-state index is 0.00987. The molecular formula is C31H37F3N8O3. The van der Waals surface area contributed by atoms with Gasteiger partial charge in [-0.25, -0.2) is 4.79 Å². The van der Waals surface area contributed by atoms with Crippen molar-refractivity contribution in [2.45, 2.75) is 32.2 Å². The molecule has 14 heteroatoms. The first-order valence-electron chi connectivity index (χ1n) is 14.7. The summed E-state index contributed by atoms with van der Waals surface area (Å²) >= 11 is 0. The van der Waals surface area contributed by atoms with E-state index in [2.05, 4.69) is 20.6 Å². The number of rotatable bonds is 6. The molecular weight excluding hydrogens is 589 g/mol. The Morgan fingerprint density at radius 1 is 0.978 bits per heavy atom. The van der Waals surface area contributed by atoms with E-state index in [1.165, 1.54) is 4.90 Å². The van der Waals surface area contributed by atoms with E-state index in [4.69, 9.17) is 0 Å². The summed E-state index contributed by atoms with van der Waals surface area (Å²) in [5.41, 5.74) is 2.39. The SMILES string of the molecule is C[C@H]1CN(c2ccc(C(=O)N(C)C)cc2)Cc2c(C(=O)NCc3ccc(NC(=O)N4CCN(C)CC4)cc3)nn(C(F)(F)F)c21. The molecule has 11 nitrogen and oxygen atoms in total. The van der Waals surface area contributed by atoms with Gasteiger partial charge in [-0.05, 0) is 49.0 Å². The van der Waals surface area contributed by atoms with Gasteiger partial charge >= 0.3 is 12.3 Å². The molecule has 3 heterocycles. The van der Waals surface area contributed by atoms with Crippen LogP contribution in [0.1, 0.15) is 50.5 Å². The highest BCUT2D eigenvalue weighted by atomic mass is 19.4. The predicted octanol–water partition coefficient (Wildman–Crippen LogP) is 3.89. The first kappa shape index (κ1) is 31.8. The number of hydrogen-bond acceptors (Lipinski definition) is 6. The van der Waals surface area contributed by atoms with E-state index >= 15 is 0 Å². The van der Waals surface area contributed by atoms with Crippen LogP contribution in [0.2, 0.25) is 0 Å². The summed E-state index contributed by atoms with van der Waals surface area (Å²) in [6.07, 6.45) is -4.79. The van der Waals surface area contributed by atoms with Gasteiger partial charge in [0, 0.05) is 88.3 Å². The molecule has 2 aliphatic rings. The van der Waals surface area contributed by atoms with Gasteiger partial charge in [-0.1, -0.05) is 19.1 Å². The summed E-state index contributed by atoms with van der Waals surface area (Å²) in [4.78, 5) is 45.4. The van der Waals surface area contributed by atoms with Gasteiger partial charge in [-0.3, -0.25) is 9.59 Å². The number of urea groups is 1. The largest absolute Gasteiger partial charge is 0.504 e. The molecule has 2 aromatic carbocycles. The van der Waals surface area contributed by atoms with Gasteiger partial charge in [-0.15, -0.1) is 13.2 Å². The van der Waals surface area contributed by atoms with Crippen molar-refractivity contribution in [3.8, 4) is 0 Å². The minimum atomic E-state index is -4.79. The highest BCUT2D eigenvalue weighted by Crippen LogP contribution is 2.37. The average molecular weight is 627 g/mol. The summed E-state index contributed by atoms with van der Waals surface area (Å²) in [6.45, 7) is 4.93. The van der Waals surface area contributed by atoms with Crippen molar-refractivity contribution in [2.24, 2.45) is 0 Å². The number of alkyl halides is 3. The smallest absolute Gasteiger partial charge is 0.366 e. The second kappa shape index (κ2) is 12.8. The quantitative estimate of drug-likeness (QED) is 0.430. The zero-order valence-corrected chi connectivity index (χ0v) is 25.7. The fourth-order valence-electron chi connectivity index (χ4n) is 5.63. The molecule has 1 saturated heterocycles. The fraction of sp³-hybridized carbons (Fsp3) is 0.419. The van der Waals surface area contributed by atoms with Gasteiger partial charge < -0.3 is 30.2 Å². The number of anilines is 2. The first-order chi connectivity index (χ1) is 21.3. The van der Waals surface area contributed by atoms with Crippen LogP contribution in [-0.2, 0) is 19.4 Å². The zero-order chi connectivity index (χ0) is 32.5. The fourth-order valence-corrected chi connectivity index (χ4v) is 5.63. The Balaban J connectivity index is 1.29. The molecule has 0 radical (unpaired) electrons. The first-order valence-corrected chi connectivity index (χ1v) is 14.7. The van der Waals surface area contributed by atoms with Crippen molar-refractivity contribution in [2.75, 3.05) is 64.1 Å². The molecule has 0 spiro atoms. The number of benzene rings is 2. The third kappa shape index (κ3) is 7.06. The number of carbonyl (C=O) groups excluding carboxylic acids is 3. The third-order valence-electron chi connectivity index (χ3n) is 8.12. The number of hydrogen-bond donors (Lipinski definition) is 2. The lowest BCUT2D eigenvalue weighted by molar-refractivity contribution is -0.214. The summed E-state index contributed by atoms with van der Waals surface area (Å²) in [6, 6.07) is 13.6. The highest BCUT2D eigenvalue weighted by Gasteiger charge is 2.42. The molecule has 2 N–H and O–H groups in total. The monoisotopic (exact) mass is 626 g/mol. The molecule has 3 aromatic rings. The second-order valence-electron chi connectivity index (χ2n) is 11.7. The molecule has 0 saturated carbocycles. The van der Waals surface area contributed by atoms with Gasteiger partial charge in [0.1, 0.15) is 0 Å². The van der Waals surface area contributed by atoms with Gasteiger partial charge in [-0.2, -0.15) is 9.78 Å². The lowest BCUT2D eigenvalue weighted by atomic mass is 9.95. The zero-order valence-electron chi connectivity index (χ0n) is 25.7. The Morgan fingerprint density at radius 2 is 1.62 bits per heavy atom. The van der Waals surface area contributed by atoms with Crippen molar-refractivity contribution in [3.05, 3.63) is 76.6 Å². The summed E-state index contributed by atoms with van der Waals surface area (Å²) in [7, 11) is 5.31. The molecule has 4 amide bonds. The number of nitrogens with one attached hydrogen (secondary N) is 2. The molecule has 1 atom stereocenters. The van der Waals surface area contributed by atoms with Gasteiger partial charge in [0.2, 0.25) is 0 Å². The predicted molar refractivity (Wildman–Crippen MR) is 163 cm³/mol. The lowest BCUT2D eigenvalue weighted by Crippen LogP contribution is -2.48. The van der Waals surface area contributed by atoms with Crippen LogP contribution in [0.4, 0.5) is 29.3 Å². The van der Waals surface area contributed by atoms with Gasteiger partial charge in [0.25, 0.3) is 11.8 Å². The molecule has 1 fully saturated rings. The van der Waals surface area contributed by atoms with E-state index in [0.717, 1.165) is 13.1 Å². The van der Waals surface area contributed by atoms with E-state index in [9.17, 15) is 27.6 Å². The van der Waals surface area contributed by atoms with Crippen LogP contribution >= 0.6 is 0 Å². The molecule has 45 heavy (non-hydrogen) atoms. The molecule has 0 unspecified atom stereocenters. The standard InChI is InChI=1S/C31H37F3N8O3/c1-20-18-41(24-11-7-22(8-12-24)29(44)38(2)3)19-25-26(37-42(27(20)25)31(32,33)34)28(43)35-17-21-5-9-23(10-6-21)36-30(45)40-15-13-39(4)14-16-40/h5-12,20H,13-19H2,1-4H3,(H,35,43)(H,36,45)/t20-/m0/s1. The maximum absolute atomic E-state index is 14.0. The highest BCUT2D eigenvalue weighted by molar-refractivity contribution is 5.95. The number of nitrogens with zero attached hydrogens (tertiary/aromatic N) is 6. The van der Waals surface area contributed by atoms with Crippen molar-refractivity contribution in [1.82, 2.24) is 29.8 Å². The van der Waals surface area contributed by atoms with Crippen LogP contribution in [-0.4, -0.2) is 96.2 Å². The van der Waals surface area contributed by atoms with E-state index in [1.807, 2.05) is 11.9 Å². The minimum Gasteiger partial charge on any atom is -0.366 e. The Labute approximate surface area is 259 Å². The average Bonchev–Trinajstić information content (AvgIpc) is 3.42. The molecule has 1 aromatic heterocycles. The molecule has 2 aliphatic heterocycles. The van der Waals surface area contributed by atoms with Crippen LogP contribution in [0.25, 0.3) is 0 Å². The molecule has 0 bridgehead atoms. The Kier molecular flexibility index (Phi) is 9.05. The van der Waals surface area contributed by atoms with Crippen LogP contribution in [0, 0.1) is 0 Å². The number of amides is 4. The Bertz CT molecular complexity index is 1550. The summed E-state index contributed by atoms with van der Waals surface area (Å²) < 4.78 is 42.1. The molecule has 5 rings (SSSR count). The second-order valence-corrected chi connectivity index (χ2v) is 11.7. The topological polar surface area (TPSA) is 106 Å². The third-order valence-corrected chi connectivity index (χ3v) is 8.12. The Morgan fingerprint density at radius 3 is 2.22 bits per heavy atom. The number of likely N-dealkylation sites (N-methyl/N-ethyl adjacent to an activating group) is 1. The number of fused-ring (bicyclic) bond motifs is 1. The van der Waals surface area contributed by atoms with Crippen LogP contribution < -0.4 is 15.5 Å². The Hall–Kier alpha value is -4.59. The maximum atomic E-state index is 14.0. The van der Waals surface area contributed by atoms with Gasteiger partial charge in [0.05, 0.1) is 5.69 Å². The maximum Gasteiger partial charge on any atom is 0.504 e. The number of carbonyl (C=O) groups is 3. The van der Waals surface area contributed by atoms with E-state index in [0.29, 0.717) is 35.6 Å². The number of aromatic nitrogens is 2. The number of halogens is 3. The van der Waals surface area contributed by atoms with E-state index in [1.54, 1.807) is 74.4 Å². The lowest BCUT2D eigenvalue weighted by Gasteiger charge is -2.34. The summed E-state index contributed by atoms with van der Waals surface area (Å²) in [5, 5.41) is 9.33.